The van der Waals surface area contributed by atoms with Gasteiger partial charge in [0.05, 0.1) is 5.41 Å². The van der Waals surface area contributed by atoms with E-state index in [1.807, 2.05) is 0 Å². The summed E-state index contributed by atoms with van der Waals surface area (Å²) in [5.74, 6) is 0.758. The molecule has 0 radical (unpaired) electrons. The third-order valence-corrected chi connectivity index (χ3v) is 10.6. The van der Waals surface area contributed by atoms with E-state index in [4.69, 9.17) is 5.26 Å². The highest BCUT2D eigenvalue weighted by Gasteiger charge is 2.44. The lowest BCUT2D eigenvalue weighted by Crippen LogP contribution is -2.28. The molecule has 0 bridgehead atoms. The first-order chi connectivity index (χ1) is 22.2. The lowest BCUT2D eigenvalue weighted by atomic mass is 9.81. The Morgan fingerprint density at radius 2 is 1.67 bits per heavy atom. The van der Waals surface area contributed by atoms with Gasteiger partial charge in [0.1, 0.15) is 6.54 Å². The largest absolute Gasteiger partial charge is 0.388 e. The smallest absolute Gasteiger partial charge is 0.209 e. The number of hydrogen-bond acceptors (Lipinski definition) is 6. The molecule has 2 aromatic rings. The van der Waals surface area contributed by atoms with E-state index in [2.05, 4.69) is 139 Å². The number of unbranched alkanes of at least 4 members (excludes halogenated alkanes) is 3. The van der Waals surface area contributed by atoms with Crippen LogP contribution in [0.1, 0.15) is 90.7 Å². The number of benzene rings is 2. The Labute approximate surface area is 280 Å². The number of hydrogen-bond donors (Lipinski definition) is 2. The first-order valence-corrected chi connectivity index (χ1v) is 17.9. The van der Waals surface area contributed by atoms with E-state index in [-0.39, 0.29) is 10.8 Å². The van der Waals surface area contributed by atoms with Gasteiger partial charge in [0.2, 0.25) is 5.69 Å². The van der Waals surface area contributed by atoms with E-state index in [1.54, 1.807) is 0 Å². The molecular formula is C39H52N3O3S+. The van der Waals surface area contributed by atoms with Gasteiger partial charge in [0, 0.05) is 78.0 Å². The number of para-hydroxylation sites is 2. The van der Waals surface area contributed by atoms with Crippen molar-refractivity contribution >= 4 is 29.1 Å². The average Bonchev–Trinajstić information content (AvgIpc) is 3.62. The number of anilines is 1. The molecule has 0 unspecified atom stereocenters. The van der Waals surface area contributed by atoms with E-state index in [1.165, 1.54) is 70.0 Å². The molecule has 0 saturated heterocycles. The van der Waals surface area contributed by atoms with Gasteiger partial charge >= 0.3 is 0 Å². The zero-order chi connectivity index (χ0) is 32.7. The van der Waals surface area contributed by atoms with Crippen LogP contribution in [0, 0.1) is 0 Å². The SMILES string of the molecule is CCCCCN1/C(=C/C=C2\CCC(/C=C/C3=[N+](CCCCSOOO)c4ccccc4C3(C)C)=C2NC)C(C)(C)c2ccccc21. The fraction of sp³-hybridized carbons (Fsp3) is 0.462. The van der Waals surface area contributed by atoms with E-state index < -0.39 is 0 Å². The van der Waals surface area contributed by atoms with E-state index in [0.29, 0.717) is 0 Å². The standard InChI is InChI=1S/C39H51N3O3S/c1-7-8-13-26-41-33-18-11-9-16-31(33)38(2,3)35(41)24-22-29-20-21-30(37(29)40-6)23-25-36-39(4,5)32-17-10-12-19-34(32)42(36)27-14-15-28-46-45-44-43/h9-12,16-19,22-25,43H,7-8,13-15,20-21,26-28H2,1-6H3/p+1/b29-22+,35-24+. The molecule has 1 aliphatic carbocycles. The summed E-state index contributed by atoms with van der Waals surface area (Å²) in [6.45, 7) is 13.7. The minimum atomic E-state index is -0.0952. The second kappa shape index (κ2) is 15.2. The Kier molecular flexibility index (Phi) is 11.3. The van der Waals surface area contributed by atoms with Gasteiger partial charge in [-0.3, -0.25) is 0 Å². The molecule has 5 rings (SSSR count). The molecule has 0 atom stereocenters. The molecule has 7 heteroatoms. The Hall–Kier alpha value is -3.10. The monoisotopic (exact) mass is 642 g/mol. The summed E-state index contributed by atoms with van der Waals surface area (Å²) in [7, 11) is 2.06. The number of nitrogens with zero attached hydrogens (tertiary/aromatic N) is 2. The lowest BCUT2D eigenvalue weighted by Gasteiger charge is -2.27. The summed E-state index contributed by atoms with van der Waals surface area (Å²) < 4.78 is 7.05. The summed E-state index contributed by atoms with van der Waals surface area (Å²) in [6, 6.07) is 17.7. The Morgan fingerprint density at radius 3 is 2.43 bits per heavy atom. The van der Waals surface area contributed by atoms with Crippen molar-refractivity contribution < 1.29 is 19.2 Å². The van der Waals surface area contributed by atoms with Gasteiger partial charge in [0.15, 0.2) is 5.71 Å². The maximum atomic E-state index is 8.40. The molecule has 2 aromatic carbocycles. The fourth-order valence-electron chi connectivity index (χ4n) is 7.51. The van der Waals surface area contributed by atoms with Crippen LogP contribution in [0.4, 0.5) is 11.4 Å². The van der Waals surface area contributed by atoms with E-state index >= 15 is 0 Å². The van der Waals surface area contributed by atoms with Gasteiger partial charge in [-0.25, -0.2) is 5.26 Å². The Bertz CT molecular complexity index is 1550. The number of allylic oxidation sites excluding steroid dienone is 7. The van der Waals surface area contributed by atoms with Crippen molar-refractivity contribution in [1.29, 1.82) is 0 Å². The quantitative estimate of drug-likeness (QED) is 0.0664. The molecule has 0 saturated carbocycles. The molecule has 0 fully saturated rings. The molecule has 2 N–H and O–H groups in total. The first-order valence-electron chi connectivity index (χ1n) is 17.0. The maximum absolute atomic E-state index is 8.40. The average molecular weight is 643 g/mol. The number of rotatable bonds is 15. The summed E-state index contributed by atoms with van der Waals surface area (Å²) in [4.78, 5) is 2.57. The third kappa shape index (κ3) is 6.93. The van der Waals surface area contributed by atoms with Gasteiger partial charge in [-0.2, -0.15) is 4.58 Å². The number of fused-ring (bicyclic) bond motifs is 2. The second-order valence-electron chi connectivity index (χ2n) is 13.6. The van der Waals surface area contributed by atoms with Crippen LogP contribution in [0.2, 0.25) is 0 Å². The molecular weight excluding hydrogens is 591 g/mol. The van der Waals surface area contributed by atoms with Crippen molar-refractivity contribution in [3.05, 3.63) is 107 Å². The summed E-state index contributed by atoms with van der Waals surface area (Å²) in [6.07, 6.45) is 17.2. The van der Waals surface area contributed by atoms with Gasteiger partial charge in [-0.15, -0.1) is 4.33 Å². The van der Waals surface area contributed by atoms with Crippen LogP contribution in [0.25, 0.3) is 0 Å². The highest BCUT2D eigenvalue weighted by atomic mass is 32.2. The van der Waals surface area contributed by atoms with Crippen molar-refractivity contribution in [3.63, 3.8) is 0 Å². The van der Waals surface area contributed by atoms with E-state index in [9.17, 15) is 0 Å². The van der Waals surface area contributed by atoms with Crippen molar-refractivity contribution in [2.75, 3.05) is 30.8 Å². The van der Waals surface area contributed by atoms with Crippen LogP contribution in [0.3, 0.4) is 0 Å². The molecule has 3 aliphatic rings. The molecule has 2 heterocycles. The molecule has 246 valence electrons. The van der Waals surface area contributed by atoms with Crippen LogP contribution in [-0.2, 0) is 20.2 Å². The molecule has 6 nitrogen and oxygen atoms in total. The van der Waals surface area contributed by atoms with Crippen LogP contribution >= 0.6 is 12.0 Å². The zero-order valence-electron chi connectivity index (χ0n) is 28.6. The predicted molar refractivity (Wildman–Crippen MR) is 193 cm³/mol. The minimum Gasteiger partial charge on any atom is -0.388 e. The topological polar surface area (TPSA) is 57.0 Å². The van der Waals surface area contributed by atoms with Crippen molar-refractivity contribution in [2.24, 2.45) is 0 Å². The van der Waals surface area contributed by atoms with Crippen LogP contribution in [0.5, 0.6) is 0 Å². The normalized spacial score (nSPS) is 20.1. The molecule has 2 aliphatic heterocycles. The number of likely N-dealkylation sites (N-methyl/N-ethyl adjacent to an activating group) is 1. The molecule has 0 amide bonds. The van der Waals surface area contributed by atoms with E-state index in [0.717, 1.165) is 56.6 Å². The van der Waals surface area contributed by atoms with Gasteiger partial charge < -0.3 is 10.2 Å². The van der Waals surface area contributed by atoms with Crippen LogP contribution in [-0.4, -0.2) is 41.4 Å². The van der Waals surface area contributed by atoms with Crippen LogP contribution < -0.4 is 10.2 Å². The number of nitrogens with one attached hydrogen (secondary N) is 1. The maximum Gasteiger partial charge on any atom is 0.209 e. The minimum absolute atomic E-state index is 0.0355. The predicted octanol–water partition coefficient (Wildman–Crippen LogP) is 9.53. The zero-order valence-corrected chi connectivity index (χ0v) is 29.4. The molecule has 46 heavy (non-hydrogen) atoms. The highest BCUT2D eigenvalue weighted by Crippen LogP contribution is 2.48. The van der Waals surface area contributed by atoms with Gasteiger partial charge in [-0.05, 0) is 68.4 Å². The Morgan fingerprint density at radius 1 is 0.913 bits per heavy atom. The second-order valence-corrected chi connectivity index (χ2v) is 14.4. The van der Waals surface area contributed by atoms with Crippen LogP contribution in [0.15, 0.2) is 95.4 Å². The lowest BCUT2D eigenvalue weighted by molar-refractivity contribution is -0.438. The highest BCUT2D eigenvalue weighted by molar-refractivity contribution is 7.94. The summed E-state index contributed by atoms with van der Waals surface area (Å²) in [5, 5.41) is 15.7. The summed E-state index contributed by atoms with van der Waals surface area (Å²) >= 11 is 1.13. The van der Waals surface area contributed by atoms with Crippen molar-refractivity contribution in [1.82, 2.24) is 5.32 Å². The molecule has 0 spiro atoms. The Balaban J connectivity index is 1.42. The van der Waals surface area contributed by atoms with Gasteiger partial charge in [0.25, 0.3) is 0 Å². The van der Waals surface area contributed by atoms with Crippen molar-refractivity contribution in [2.45, 2.75) is 90.4 Å². The third-order valence-electron chi connectivity index (χ3n) is 9.96. The van der Waals surface area contributed by atoms with Gasteiger partial charge in [-0.1, -0.05) is 87.2 Å². The summed E-state index contributed by atoms with van der Waals surface area (Å²) in [5.41, 5.74) is 12.0. The molecule has 0 aromatic heterocycles. The fourth-order valence-corrected chi connectivity index (χ4v) is 7.94. The van der Waals surface area contributed by atoms with Crippen molar-refractivity contribution in [3.8, 4) is 0 Å². The first kappa shape index (κ1) is 34.2.